The SMILES string of the molecule is Cc1ccc(-n2nc(C)c(NC(=O)CN3CCN(C(=O)N(C)C)CC3)c2C)cc1. The van der Waals surface area contributed by atoms with E-state index in [1.807, 2.05) is 54.6 Å². The molecule has 1 fully saturated rings. The van der Waals surface area contributed by atoms with E-state index < -0.39 is 0 Å². The van der Waals surface area contributed by atoms with Gasteiger partial charge in [-0.1, -0.05) is 17.7 Å². The molecule has 3 amide bonds. The molecule has 0 spiro atoms. The Morgan fingerprint density at radius 2 is 1.66 bits per heavy atom. The van der Waals surface area contributed by atoms with Crippen LogP contribution in [0.1, 0.15) is 17.0 Å². The van der Waals surface area contributed by atoms with Crippen molar-refractivity contribution in [2.24, 2.45) is 0 Å². The van der Waals surface area contributed by atoms with Crippen LogP contribution in [0.3, 0.4) is 0 Å². The second kappa shape index (κ2) is 8.65. The molecule has 0 saturated carbocycles. The topological polar surface area (TPSA) is 73.7 Å². The number of benzene rings is 1. The zero-order valence-electron chi connectivity index (χ0n) is 17.9. The van der Waals surface area contributed by atoms with Crippen molar-refractivity contribution in [3.63, 3.8) is 0 Å². The zero-order valence-corrected chi connectivity index (χ0v) is 17.9. The second-order valence-corrected chi connectivity index (χ2v) is 7.78. The maximum absolute atomic E-state index is 12.6. The van der Waals surface area contributed by atoms with E-state index in [-0.39, 0.29) is 11.9 Å². The fourth-order valence-electron chi connectivity index (χ4n) is 3.52. The minimum Gasteiger partial charge on any atom is -0.331 e. The van der Waals surface area contributed by atoms with Crippen molar-refractivity contribution in [1.82, 2.24) is 24.5 Å². The van der Waals surface area contributed by atoms with Gasteiger partial charge >= 0.3 is 6.03 Å². The van der Waals surface area contributed by atoms with Gasteiger partial charge in [0.05, 0.1) is 29.3 Å². The number of urea groups is 1. The lowest BCUT2D eigenvalue weighted by molar-refractivity contribution is -0.117. The molecule has 1 aromatic carbocycles. The van der Waals surface area contributed by atoms with Crippen LogP contribution in [0.2, 0.25) is 0 Å². The Labute approximate surface area is 172 Å². The highest BCUT2D eigenvalue weighted by Crippen LogP contribution is 2.23. The molecule has 1 saturated heterocycles. The summed E-state index contributed by atoms with van der Waals surface area (Å²) in [5.41, 5.74) is 4.62. The number of aromatic nitrogens is 2. The van der Waals surface area contributed by atoms with Crippen molar-refractivity contribution in [3.05, 3.63) is 41.2 Å². The summed E-state index contributed by atoms with van der Waals surface area (Å²) in [5.74, 6) is -0.0629. The van der Waals surface area contributed by atoms with E-state index in [4.69, 9.17) is 0 Å². The van der Waals surface area contributed by atoms with E-state index in [0.717, 1.165) is 22.8 Å². The number of rotatable bonds is 4. The number of anilines is 1. The van der Waals surface area contributed by atoms with Crippen LogP contribution in [0, 0.1) is 20.8 Å². The van der Waals surface area contributed by atoms with Crippen LogP contribution in [-0.2, 0) is 4.79 Å². The Morgan fingerprint density at radius 1 is 1.03 bits per heavy atom. The molecule has 29 heavy (non-hydrogen) atoms. The number of nitrogens with one attached hydrogen (secondary N) is 1. The van der Waals surface area contributed by atoms with Crippen LogP contribution < -0.4 is 5.32 Å². The van der Waals surface area contributed by atoms with E-state index in [0.29, 0.717) is 32.7 Å². The average Bonchev–Trinajstić information content (AvgIpc) is 2.96. The number of hydrogen-bond donors (Lipinski definition) is 1. The average molecular weight is 399 g/mol. The van der Waals surface area contributed by atoms with Crippen LogP contribution in [0.5, 0.6) is 0 Å². The largest absolute Gasteiger partial charge is 0.331 e. The third kappa shape index (κ3) is 4.76. The lowest BCUT2D eigenvalue weighted by Crippen LogP contribution is -2.52. The van der Waals surface area contributed by atoms with Gasteiger partial charge in [-0.15, -0.1) is 0 Å². The quantitative estimate of drug-likeness (QED) is 0.855. The van der Waals surface area contributed by atoms with Gasteiger partial charge in [0.15, 0.2) is 0 Å². The van der Waals surface area contributed by atoms with Gasteiger partial charge in [-0.2, -0.15) is 5.10 Å². The van der Waals surface area contributed by atoms with Crippen molar-refractivity contribution >= 4 is 17.6 Å². The van der Waals surface area contributed by atoms with Crippen LogP contribution in [0.15, 0.2) is 24.3 Å². The van der Waals surface area contributed by atoms with Gasteiger partial charge in [0.1, 0.15) is 0 Å². The van der Waals surface area contributed by atoms with E-state index >= 15 is 0 Å². The smallest absolute Gasteiger partial charge is 0.319 e. The number of carbonyl (C=O) groups is 2. The maximum atomic E-state index is 12.6. The highest BCUT2D eigenvalue weighted by atomic mass is 16.2. The number of aryl methyl sites for hydroxylation is 2. The van der Waals surface area contributed by atoms with Gasteiger partial charge in [0, 0.05) is 40.3 Å². The van der Waals surface area contributed by atoms with Crippen LogP contribution in [0.25, 0.3) is 5.69 Å². The molecule has 1 aromatic heterocycles. The monoisotopic (exact) mass is 398 g/mol. The van der Waals surface area contributed by atoms with Crippen molar-refractivity contribution < 1.29 is 9.59 Å². The fourth-order valence-corrected chi connectivity index (χ4v) is 3.52. The molecule has 156 valence electrons. The molecule has 2 heterocycles. The summed E-state index contributed by atoms with van der Waals surface area (Å²) < 4.78 is 1.86. The Kier molecular flexibility index (Phi) is 6.22. The maximum Gasteiger partial charge on any atom is 0.319 e. The molecule has 0 radical (unpaired) electrons. The summed E-state index contributed by atoms with van der Waals surface area (Å²) in [5, 5.41) is 7.62. The van der Waals surface area contributed by atoms with E-state index in [1.165, 1.54) is 5.56 Å². The molecule has 8 nitrogen and oxygen atoms in total. The van der Waals surface area contributed by atoms with E-state index in [9.17, 15) is 9.59 Å². The lowest BCUT2D eigenvalue weighted by Gasteiger charge is -2.35. The third-order valence-corrected chi connectivity index (χ3v) is 5.23. The number of piperazine rings is 1. The first-order chi connectivity index (χ1) is 13.8. The molecule has 3 rings (SSSR count). The number of hydrogen-bond acceptors (Lipinski definition) is 4. The Hall–Kier alpha value is -2.87. The number of carbonyl (C=O) groups excluding carboxylic acids is 2. The van der Waals surface area contributed by atoms with Crippen molar-refractivity contribution in [1.29, 1.82) is 0 Å². The van der Waals surface area contributed by atoms with Gasteiger partial charge in [-0.05, 0) is 32.9 Å². The summed E-state index contributed by atoms with van der Waals surface area (Å²) >= 11 is 0. The minimum absolute atomic E-state index is 0.0175. The first kappa shape index (κ1) is 20.9. The van der Waals surface area contributed by atoms with Crippen LogP contribution in [0.4, 0.5) is 10.5 Å². The zero-order chi connectivity index (χ0) is 21.1. The molecule has 8 heteroatoms. The highest BCUT2D eigenvalue weighted by Gasteiger charge is 2.24. The lowest BCUT2D eigenvalue weighted by atomic mass is 10.2. The molecule has 1 aliphatic heterocycles. The van der Waals surface area contributed by atoms with E-state index in [2.05, 4.69) is 15.3 Å². The Balaban J connectivity index is 1.60. The molecule has 1 N–H and O–H groups in total. The summed E-state index contributed by atoms with van der Waals surface area (Å²) in [6.45, 7) is 8.86. The predicted molar refractivity (Wildman–Crippen MR) is 114 cm³/mol. The molecule has 0 bridgehead atoms. The van der Waals surface area contributed by atoms with Gasteiger partial charge in [-0.25, -0.2) is 9.48 Å². The number of nitrogens with zero attached hydrogens (tertiary/aromatic N) is 5. The first-order valence-electron chi connectivity index (χ1n) is 9.88. The standard InChI is InChI=1S/C21H30N6O2/c1-15-6-8-18(9-7-15)27-17(3)20(16(2)23-27)22-19(28)14-25-10-12-26(13-11-25)21(29)24(4)5/h6-9H,10-14H2,1-5H3,(H,22,28). The third-order valence-electron chi connectivity index (χ3n) is 5.23. The molecule has 2 aromatic rings. The predicted octanol–water partition coefficient (Wildman–Crippen LogP) is 2.04. The van der Waals surface area contributed by atoms with Crippen molar-refractivity contribution in [2.45, 2.75) is 20.8 Å². The Morgan fingerprint density at radius 3 is 2.24 bits per heavy atom. The molecular formula is C21H30N6O2. The van der Waals surface area contributed by atoms with Crippen molar-refractivity contribution in [2.75, 3.05) is 52.1 Å². The highest BCUT2D eigenvalue weighted by molar-refractivity contribution is 5.93. The molecule has 0 atom stereocenters. The Bertz CT molecular complexity index is 879. The van der Waals surface area contributed by atoms with Crippen LogP contribution in [-0.4, -0.2) is 83.2 Å². The summed E-state index contributed by atoms with van der Waals surface area (Å²) in [6.07, 6.45) is 0. The van der Waals surface area contributed by atoms with Gasteiger partial charge < -0.3 is 15.1 Å². The summed E-state index contributed by atoms with van der Waals surface area (Å²) in [6, 6.07) is 8.16. The van der Waals surface area contributed by atoms with Gasteiger partial charge in [0.25, 0.3) is 0 Å². The first-order valence-corrected chi connectivity index (χ1v) is 9.88. The second-order valence-electron chi connectivity index (χ2n) is 7.78. The van der Waals surface area contributed by atoms with Gasteiger partial charge in [-0.3, -0.25) is 9.69 Å². The van der Waals surface area contributed by atoms with E-state index in [1.54, 1.807) is 19.0 Å². The summed E-state index contributed by atoms with van der Waals surface area (Å²) in [4.78, 5) is 30.1. The molecule has 0 aliphatic carbocycles. The van der Waals surface area contributed by atoms with Crippen molar-refractivity contribution in [3.8, 4) is 5.69 Å². The molecule has 0 unspecified atom stereocenters. The van der Waals surface area contributed by atoms with Gasteiger partial charge in [0.2, 0.25) is 5.91 Å². The molecular weight excluding hydrogens is 368 g/mol. The summed E-state index contributed by atoms with van der Waals surface area (Å²) in [7, 11) is 3.51. The fraction of sp³-hybridized carbons (Fsp3) is 0.476. The van der Waals surface area contributed by atoms with Crippen LogP contribution >= 0.6 is 0 Å². The normalized spacial score (nSPS) is 14.7. The number of amides is 3. The molecule has 1 aliphatic rings. The minimum atomic E-state index is -0.0629.